The molecule has 7 nitrogen and oxygen atoms in total. The maximum atomic E-state index is 12.6. The number of halogens is 1. The molecule has 0 aliphatic heterocycles. The van der Waals surface area contributed by atoms with Crippen molar-refractivity contribution in [1.82, 2.24) is 19.5 Å². The number of aryl methyl sites for hydroxylation is 1. The molecule has 0 aliphatic rings. The Kier molecular flexibility index (Phi) is 5.10. The SMILES string of the molecule is CCC(Sc1nc2c(=O)[nH]cnc2n1C)C(=O)Nc1cccc(Cl)c1. The standard InChI is InChI=1S/C16H16ClN5O2S/c1-3-11(14(23)20-10-6-4-5-9(17)7-10)25-16-21-12-13(22(16)2)18-8-19-15(12)24/h4-8,11H,3H2,1-2H3,(H,20,23)(H,18,19,24). The Hall–Kier alpha value is -2.32. The van der Waals surface area contributed by atoms with Gasteiger partial charge in [-0.1, -0.05) is 36.4 Å². The number of hydrogen-bond donors (Lipinski definition) is 2. The Labute approximate surface area is 152 Å². The molecule has 0 radical (unpaired) electrons. The number of nitrogens with zero attached hydrogens (tertiary/aromatic N) is 3. The van der Waals surface area contributed by atoms with E-state index in [9.17, 15) is 9.59 Å². The van der Waals surface area contributed by atoms with Crippen LogP contribution in [0.25, 0.3) is 11.2 Å². The number of H-pyrrole nitrogens is 1. The highest BCUT2D eigenvalue weighted by Gasteiger charge is 2.22. The average Bonchev–Trinajstić information content (AvgIpc) is 2.90. The summed E-state index contributed by atoms with van der Waals surface area (Å²) in [6.07, 6.45) is 1.94. The smallest absolute Gasteiger partial charge is 0.278 e. The number of hydrogen-bond acceptors (Lipinski definition) is 5. The highest BCUT2D eigenvalue weighted by Crippen LogP contribution is 2.27. The number of carbonyl (C=O) groups excluding carboxylic acids is 1. The van der Waals surface area contributed by atoms with Crippen LogP contribution < -0.4 is 10.9 Å². The molecule has 1 unspecified atom stereocenters. The molecule has 0 aliphatic carbocycles. The number of anilines is 1. The van der Waals surface area contributed by atoms with E-state index in [0.717, 1.165) is 0 Å². The number of benzene rings is 1. The Balaban J connectivity index is 1.82. The molecule has 3 rings (SSSR count). The molecule has 25 heavy (non-hydrogen) atoms. The molecular formula is C16H16ClN5O2S. The van der Waals surface area contributed by atoms with Crippen LogP contribution in [0, 0.1) is 0 Å². The van der Waals surface area contributed by atoms with Crippen molar-refractivity contribution in [3.8, 4) is 0 Å². The van der Waals surface area contributed by atoms with E-state index in [0.29, 0.717) is 27.9 Å². The third-order valence-electron chi connectivity index (χ3n) is 3.62. The minimum absolute atomic E-state index is 0.149. The number of amides is 1. The van der Waals surface area contributed by atoms with Gasteiger partial charge in [0.25, 0.3) is 5.56 Å². The number of nitrogens with one attached hydrogen (secondary N) is 2. The Morgan fingerprint density at radius 2 is 2.28 bits per heavy atom. The summed E-state index contributed by atoms with van der Waals surface area (Å²) in [4.78, 5) is 35.3. The summed E-state index contributed by atoms with van der Waals surface area (Å²) in [5.74, 6) is -0.149. The zero-order valence-corrected chi connectivity index (χ0v) is 15.2. The molecular weight excluding hydrogens is 362 g/mol. The van der Waals surface area contributed by atoms with E-state index >= 15 is 0 Å². The molecule has 0 saturated carbocycles. The zero-order chi connectivity index (χ0) is 18.0. The van der Waals surface area contributed by atoms with Gasteiger partial charge in [0.1, 0.15) is 0 Å². The van der Waals surface area contributed by atoms with Gasteiger partial charge in [0.15, 0.2) is 16.3 Å². The summed E-state index contributed by atoms with van der Waals surface area (Å²) >= 11 is 7.24. The van der Waals surface area contributed by atoms with E-state index in [1.54, 1.807) is 35.9 Å². The highest BCUT2D eigenvalue weighted by atomic mass is 35.5. The van der Waals surface area contributed by atoms with Crippen molar-refractivity contribution in [2.75, 3.05) is 5.32 Å². The Morgan fingerprint density at radius 1 is 1.48 bits per heavy atom. The molecule has 2 heterocycles. The van der Waals surface area contributed by atoms with Gasteiger partial charge in [-0.15, -0.1) is 0 Å². The molecule has 2 aromatic heterocycles. The van der Waals surface area contributed by atoms with E-state index in [2.05, 4.69) is 20.3 Å². The lowest BCUT2D eigenvalue weighted by atomic mass is 10.3. The lowest BCUT2D eigenvalue weighted by Gasteiger charge is -2.14. The number of thioether (sulfide) groups is 1. The predicted octanol–water partition coefficient (Wildman–Crippen LogP) is 2.82. The maximum absolute atomic E-state index is 12.6. The fourth-order valence-electron chi connectivity index (χ4n) is 2.33. The van der Waals surface area contributed by atoms with Crippen molar-refractivity contribution in [2.45, 2.75) is 23.8 Å². The molecule has 1 amide bonds. The van der Waals surface area contributed by atoms with E-state index in [-0.39, 0.29) is 22.2 Å². The molecule has 9 heteroatoms. The van der Waals surface area contributed by atoms with Gasteiger partial charge in [-0.25, -0.2) is 9.97 Å². The van der Waals surface area contributed by atoms with Crippen LogP contribution in [0.15, 0.2) is 40.5 Å². The van der Waals surface area contributed by atoms with Gasteiger partial charge in [0.05, 0.1) is 11.6 Å². The van der Waals surface area contributed by atoms with Gasteiger partial charge in [-0.05, 0) is 24.6 Å². The second-order valence-corrected chi connectivity index (χ2v) is 6.98. The molecule has 1 aromatic carbocycles. The first-order valence-electron chi connectivity index (χ1n) is 7.62. The monoisotopic (exact) mass is 377 g/mol. The molecule has 130 valence electrons. The van der Waals surface area contributed by atoms with E-state index in [1.807, 2.05) is 6.92 Å². The van der Waals surface area contributed by atoms with Crippen LogP contribution in [0.5, 0.6) is 0 Å². The molecule has 2 N–H and O–H groups in total. The van der Waals surface area contributed by atoms with Crippen molar-refractivity contribution >= 4 is 46.1 Å². The summed E-state index contributed by atoms with van der Waals surface area (Å²) in [6.45, 7) is 1.92. The molecule has 0 spiro atoms. The van der Waals surface area contributed by atoms with Crippen LogP contribution in [0.2, 0.25) is 5.02 Å². The van der Waals surface area contributed by atoms with Crippen LogP contribution in [0.4, 0.5) is 5.69 Å². The van der Waals surface area contributed by atoms with Crippen LogP contribution in [-0.2, 0) is 11.8 Å². The van der Waals surface area contributed by atoms with Gasteiger partial charge in [-0.2, -0.15) is 0 Å². The first-order valence-corrected chi connectivity index (χ1v) is 8.88. The van der Waals surface area contributed by atoms with E-state index < -0.39 is 0 Å². The first kappa shape index (κ1) is 17.5. The topological polar surface area (TPSA) is 92.7 Å². The molecule has 0 fully saturated rings. The summed E-state index contributed by atoms with van der Waals surface area (Å²) in [5.41, 5.74) is 1.08. The minimum atomic E-state index is -0.367. The second kappa shape index (κ2) is 7.28. The zero-order valence-electron chi connectivity index (χ0n) is 13.6. The molecule has 0 saturated heterocycles. The van der Waals surface area contributed by atoms with Crippen molar-refractivity contribution < 1.29 is 4.79 Å². The fraction of sp³-hybridized carbons (Fsp3) is 0.250. The van der Waals surface area contributed by atoms with Crippen LogP contribution in [0.3, 0.4) is 0 Å². The number of aromatic amines is 1. The number of imidazole rings is 1. The third-order valence-corrected chi connectivity index (χ3v) is 5.27. The summed E-state index contributed by atoms with van der Waals surface area (Å²) in [6, 6.07) is 6.98. The maximum Gasteiger partial charge on any atom is 0.278 e. The average molecular weight is 378 g/mol. The lowest BCUT2D eigenvalue weighted by molar-refractivity contribution is -0.115. The van der Waals surface area contributed by atoms with Crippen LogP contribution in [-0.4, -0.2) is 30.7 Å². The van der Waals surface area contributed by atoms with Gasteiger partial charge < -0.3 is 14.9 Å². The van der Waals surface area contributed by atoms with E-state index in [4.69, 9.17) is 11.6 Å². The van der Waals surface area contributed by atoms with Crippen molar-refractivity contribution in [2.24, 2.45) is 7.05 Å². The number of rotatable bonds is 5. The number of aromatic nitrogens is 4. The molecule has 0 bridgehead atoms. The second-order valence-electron chi connectivity index (χ2n) is 5.37. The Morgan fingerprint density at radius 3 is 2.96 bits per heavy atom. The van der Waals surface area contributed by atoms with Gasteiger partial charge in [-0.3, -0.25) is 9.59 Å². The fourth-order valence-corrected chi connectivity index (χ4v) is 3.50. The van der Waals surface area contributed by atoms with Gasteiger partial charge >= 0.3 is 0 Å². The van der Waals surface area contributed by atoms with Gasteiger partial charge in [0, 0.05) is 17.8 Å². The third kappa shape index (κ3) is 3.69. The predicted molar refractivity (Wildman–Crippen MR) is 99.1 cm³/mol. The van der Waals surface area contributed by atoms with Gasteiger partial charge in [0.2, 0.25) is 5.91 Å². The van der Waals surface area contributed by atoms with Crippen LogP contribution in [0.1, 0.15) is 13.3 Å². The lowest BCUT2D eigenvalue weighted by Crippen LogP contribution is -2.25. The van der Waals surface area contributed by atoms with Crippen molar-refractivity contribution in [3.05, 3.63) is 46.0 Å². The number of carbonyl (C=O) groups is 1. The largest absolute Gasteiger partial charge is 0.325 e. The summed E-state index contributed by atoms with van der Waals surface area (Å²) in [7, 11) is 1.77. The van der Waals surface area contributed by atoms with Crippen molar-refractivity contribution in [3.63, 3.8) is 0 Å². The Bertz CT molecular complexity index is 984. The minimum Gasteiger partial charge on any atom is -0.325 e. The first-order chi connectivity index (χ1) is 12.0. The summed E-state index contributed by atoms with van der Waals surface area (Å²) in [5, 5.41) is 3.60. The summed E-state index contributed by atoms with van der Waals surface area (Å²) < 4.78 is 1.71. The van der Waals surface area contributed by atoms with E-state index in [1.165, 1.54) is 18.1 Å². The molecule has 1 atom stereocenters. The highest BCUT2D eigenvalue weighted by molar-refractivity contribution is 8.00. The van der Waals surface area contributed by atoms with Crippen LogP contribution >= 0.6 is 23.4 Å². The number of fused-ring (bicyclic) bond motifs is 1. The quantitative estimate of drug-likeness (QED) is 0.667. The normalized spacial score (nSPS) is 12.3. The van der Waals surface area contributed by atoms with Crippen molar-refractivity contribution in [1.29, 1.82) is 0 Å². The molecule has 3 aromatic rings.